The summed E-state index contributed by atoms with van der Waals surface area (Å²) in [7, 11) is 1.63. The summed E-state index contributed by atoms with van der Waals surface area (Å²) in [6.45, 7) is 6.12. The Morgan fingerprint density at radius 3 is 2.42 bits per heavy atom. The molecule has 110 valence electrons. The molecular formula is C14H26N2O3. The maximum atomic E-state index is 12.4. The largest absolute Gasteiger partial charge is 0.385 e. The van der Waals surface area contributed by atoms with Gasteiger partial charge in [0, 0.05) is 33.4 Å². The van der Waals surface area contributed by atoms with Gasteiger partial charge in [0.15, 0.2) is 0 Å². The smallest absolute Gasteiger partial charge is 0.237 e. The van der Waals surface area contributed by atoms with Crippen LogP contribution >= 0.6 is 0 Å². The first-order valence-corrected chi connectivity index (χ1v) is 7.06. The molecule has 0 aromatic rings. The van der Waals surface area contributed by atoms with Crippen molar-refractivity contribution in [3.63, 3.8) is 0 Å². The van der Waals surface area contributed by atoms with Gasteiger partial charge in [-0.05, 0) is 39.5 Å². The Balaban J connectivity index is 2.47. The van der Waals surface area contributed by atoms with E-state index in [4.69, 9.17) is 4.74 Å². The van der Waals surface area contributed by atoms with Crippen molar-refractivity contribution in [1.82, 2.24) is 10.2 Å². The summed E-state index contributed by atoms with van der Waals surface area (Å²) in [6, 6.07) is 0. The first kappa shape index (κ1) is 16.0. The quantitative estimate of drug-likeness (QED) is 0.582. The van der Waals surface area contributed by atoms with Crippen LogP contribution in [0.15, 0.2) is 0 Å². The lowest BCUT2D eigenvalue weighted by Crippen LogP contribution is -2.51. The van der Waals surface area contributed by atoms with E-state index in [9.17, 15) is 9.59 Å². The second kappa shape index (κ2) is 7.48. The molecule has 19 heavy (non-hydrogen) atoms. The van der Waals surface area contributed by atoms with Crippen molar-refractivity contribution >= 4 is 11.8 Å². The van der Waals surface area contributed by atoms with E-state index < -0.39 is 5.41 Å². The SMILES string of the molecule is COCCCNC(=O)C(C)(C)C(=O)N1CCCCC1. The van der Waals surface area contributed by atoms with Crippen LogP contribution in [0.1, 0.15) is 39.5 Å². The zero-order chi connectivity index (χ0) is 14.3. The summed E-state index contributed by atoms with van der Waals surface area (Å²) in [4.78, 5) is 26.3. The van der Waals surface area contributed by atoms with Gasteiger partial charge < -0.3 is 15.0 Å². The Morgan fingerprint density at radius 1 is 1.21 bits per heavy atom. The van der Waals surface area contributed by atoms with Crippen LogP contribution in [-0.4, -0.2) is 50.1 Å². The Labute approximate surface area is 115 Å². The molecule has 5 heteroatoms. The number of nitrogens with one attached hydrogen (secondary N) is 1. The number of carbonyl (C=O) groups is 2. The molecule has 0 aromatic carbocycles. The standard InChI is InChI=1S/C14H26N2O3/c1-14(2,12(17)15-8-7-11-19-3)13(18)16-9-5-4-6-10-16/h4-11H2,1-3H3,(H,15,17). The monoisotopic (exact) mass is 270 g/mol. The van der Waals surface area contributed by atoms with E-state index in [2.05, 4.69) is 5.32 Å². The highest BCUT2D eigenvalue weighted by Crippen LogP contribution is 2.22. The molecule has 2 amide bonds. The predicted octanol–water partition coefficient (Wildman–Crippen LogP) is 1.18. The molecule has 0 atom stereocenters. The van der Waals surface area contributed by atoms with Crippen LogP contribution in [0.4, 0.5) is 0 Å². The number of ether oxygens (including phenoxy) is 1. The van der Waals surface area contributed by atoms with Gasteiger partial charge in [0.2, 0.25) is 11.8 Å². The summed E-state index contributed by atoms with van der Waals surface area (Å²) in [5.74, 6) is -0.254. The van der Waals surface area contributed by atoms with Crippen LogP contribution in [0.5, 0.6) is 0 Å². The normalized spacial score (nSPS) is 16.3. The number of likely N-dealkylation sites (tertiary alicyclic amines) is 1. The number of methoxy groups -OCH3 is 1. The van der Waals surface area contributed by atoms with Crippen molar-refractivity contribution in [2.75, 3.05) is 33.4 Å². The lowest BCUT2D eigenvalue weighted by molar-refractivity contribution is -0.149. The van der Waals surface area contributed by atoms with E-state index in [0.29, 0.717) is 13.2 Å². The highest BCUT2D eigenvalue weighted by Gasteiger charge is 2.39. The maximum absolute atomic E-state index is 12.4. The molecule has 0 unspecified atom stereocenters. The Morgan fingerprint density at radius 2 is 1.84 bits per heavy atom. The van der Waals surface area contributed by atoms with Crippen LogP contribution in [0.2, 0.25) is 0 Å². The average molecular weight is 270 g/mol. The fraction of sp³-hybridized carbons (Fsp3) is 0.857. The average Bonchev–Trinajstić information content (AvgIpc) is 2.43. The minimum Gasteiger partial charge on any atom is -0.385 e. The molecule has 0 saturated carbocycles. The summed E-state index contributed by atoms with van der Waals surface area (Å²) in [5, 5.41) is 2.81. The second-order valence-corrected chi connectivity index (χ2v) is 5.58. The first-order valence-electron chi connectivity index (χ1n) is 7.06. The molecule has 1 N–H and O–H groups in total. The van der Waals surface area contributed by atoms with E-state index in [-0.39, 0.29) is 11.8 Å². The lowest BCUT2D eigenvalue weighted by atomic mass is 9.89. The van der Waals surface area contributed by atoms with Crippen molar-refractivity contribution < 1.29 is 14.3 Å². The van der Waals surface area contributed by atoms with E-state index in [1.165, 1.54) is 6.42 Å². The number of amides is 2. The molecular weight excluding hydrogens is 244 g/mol. The molecule has 0 aromatic heterocycles. The molecule has 0 aliphatic carbocycles. The summed E-state index contributed by atoms with van der Waals surface area (Å²) < 4.78 is 4.93. The van der Waals surface area contributed by atoms with Gasteiger partial charge in [-0.15, -0.1) is 0 Å². The summed E-state index contributed by atoms with van der Waals surface area (Å²) in [5.41, 5.74) is -0.982. The van der Waals surface area contributed by atoms with Crippen molar-refractivity contribution in [3.8, 4) is 0 Å². The van der Waals surface area contributed by atoms with Crippen LogP contribution in [-0.2, 0) is 14.3 Å². The number of hydrogen-bond donors (Lipinski definition) is 1. The van der Waals surface area contributed by atoms with E-state index >= 15 is 0 Å². The summed E-state index contributed by atoms with van der Waals surface area (Å²) in [6.07, 6.45) is 4.01. The number of hydrogen-bond acceptors (Lipinski definition) is 3. The van der Waals surface area contributed by atoms with Gasteiger partial charge in [-0.3, -0.25) is 9.59 Å². The Hall–Kier alpha value is -1.10. The molecule has 1 aliphatic rings. The highest BCUT2D eigenvalue weighted by molar-refractivity contribution is 6.04. The number of piperidine rings is 1. The van der Waals surface area contributed by atoms with Gasteiger partial charge in [0.25, 0.3) is 0 Å². The molecule has 1 saturated heterocycles. The molecule has 1 heterocycles. The lowest BCUT2D eigenvalue weighted by Gasteiger charge is -2.33. The number of rotatable bonds is 6. The van der Waals surface area contributed by atoms with Crippen molar-refractivity contribution in [1.29, 1.82) is 0 Å². The Kier molecular flexibility index (Phi) is 6.28. The van der Waals surface area contributed by atoms with Crippen molar-refractivity contribution in [3.05, 3.63) is 0 Å². The fourth-order valence-electron chi connectivity index (χ4n) is 2.23. The topological polar surface area (TPSA) is 58.6 Å². The number of nitrogens with zero attached hydrogens (tertiary/aromatic N) is 1. The van der Waals surface area contributed by atoms with Gasteiger partial charge in [0.05, 0.1) is 0 Å². The third-order valence-electron chi connectivity index (χ3n) is 3.56. The molecule has 1 fully saturated rings. The molecule has 0 radical (unpaired) electrons. The van der Waals surface area contributed by atoms with E-state index in [0.717, 1.165) is 32.4 Å². The first-order chi connectivity index (χ1) is 9.00. The van der Waals surface area contributed by atoms with E-state index in [1.807, 2.05) is 4.90 Å². The molecule has 0 bridgehead atoms. The third-order valence-corrected chi connectivity index (χ3v) is 3.56. The van der Waals surface area contributed by atoms with Gasteiger partial charge >= 0.3 is 0 Å². The zero-order valence-electron chi connectivity index (χ0n) is 12.3. The van der Waals surface area contributed by atoms with Crippen molar-refractivity contribution in [2.45, 2.75) is 39.5 Å². The number of carbonyl (C=O) groups excluding carboxylic acids is 2. The molecule has 5 nitrogen and oxygen atoms in total. The second-order valence-electron chi connectivity index (χ2n) is 5.58. The van der Waals surface area contributed by atoms with Crippen LogP contribution in [0, 0.1) is 5.41 Å². The zero-order valence-corrected chi connectivity index (χ0v) is 12.3. The fourth-order valence-corrected chi connectivity index (χ4v) is 2.23. The third kappa shape index (κ3) is 4.49. The predicted molar refractivity (Wildman–Crippen MR) is 73.7 cm³/mol. The van der Waals surface area contributed by atoms with Crippen LogP contribution < -0.4 is 5.32 Å². The van der Waals surface area contributed by atoms with Crippen LogP contribution in [0.3, 0.4) is 0 Å². The minimum absolute atomic E-state index is 0.0589. The van der Waals surface area contributed by atoms with Crippen LogP contribution in [0.25, 0.3) is 0 Å². The van der Waals surface area contributed by atoms with Gasteiger partial charge in [0.1, 0.15) is 5.41 Å². The van der Waals surface area contributed by atoms with Gasteiger partial charge in [-0.25, -0.2) is 0 Å². The molecule has 1 rings (SSSR count). The van der Waals surface area contributed by atoms with E-state index in [1.54, 1.807) is 21.0 Å². The molecule has 1 aliphatic heterocycles. The minimum atomic E-state index is -0.982. The highest BCUT2D eigenvalue weighted by atomic mass is 16.5. The van der Waals surface area contributed by atoms with Gasteiger partial charge in [-0.2, -0.15) is 0 Å². The summed E-state index contributed by atoms with van der Waals surface area (Å²) >= 11 is 0. The Bertz CT molecular complexity index is 310. The maximum Gasteiger partial charge on any atom is 0.237 e. The van der Waals surface area contributed by atoms with Gasteiger partial charge in [-0.1, -0.05) is 0 Å². The molecule has 0 spiro atoms. The van der Waals surface area contributed by atoms with Crippen molar-refractivity contribution in [2.24, 2.45) is 5.41 Å².